The first-order valence-corrected chi connectivity index (χ1v) is 5.51. The highest BCUT2D eigenvalue weighted by molar-refractivity contribution is 6.32. The molecule has 0 N–H and O–H groups in total. The van der Waals surface area contributed by atoms with Crippen LogP contribution in [0.1, 0.15) is 25.0 Å². The van der Waals surface area contributed by atoms with Crippen LogP contribution in [-0.2, 0) is 6.42 Å². The number of aryl methyl sites for hydroxylation is 1. The summed E-state index contributed by atoms with van der Waals surface area (Å²) in [6, 6.07) is 6.08. The van der Waals surface area contributed by atoms with E-state index in [9.17, 15) is 0 Å². The first kappa shape index (κ1) is 12.9. The molecule has 0 amide bonds. The van der Waals surface area contributed by atoms with Crippen molar-refractivity contribution >= 4 is 11.6 Å². The van der Waals surface area contributed by atoms with Crippen LogP contribution in [0.2, 0.25) is 5.02 Å². The average molecular weight is 238 g/mol. The monoisotopic (exact) mass is 237 g/mol. The highest BCUT2D eigenvalue weighted by atomic mass is 35.5. The second-order valence-corrected chi connectivity index (χ2v) is 4.99. The molecule has 0 spiro atoms. The molecule has 2 nitrogen and oxygen atoms in total. The summed E-state index contributed by atoms with van der Waals surface area (Å²) in [6.45, 7) is 5.84. The van der Waals surface area contributed by atoms with Crippen LogP contribution in [0.3, 0.4) is 0 Å². The molecular weight excluding hydrogens is 222 g/mol. The van der Waals surface area contributed by atoms with Crippen molar-refractivity contribution in [2.75, 3.05) is 7.11 Å². The van der Waals surface area contributed by atoms with Crippen LogP contribution in [0, 0.1) is 23.7 Å². The predicted molar refractivity (Wildman–Crippen MR) is 65.8 cm³/mol. The Labute approximate surface area is 102 Å². The molecule has 1 aromatic carbocycles. The van der Waals surface area contributed by atoms with Crippen LogP contribution >= 0.6 is 11.6 Å². The summed E-state index contributed by atoms with van der Waals surface area (Å²) in [5, 5.41) is 9.60. The number of rotatable bonds is 3. The van der Waals surface area contributed by atoms with E-state index >= 15 is 0 Å². The van der Waals surface area contributed by atoms with Crippen molar-refractivity contribution in [3.05, 3.63) is 28.3 Å². The zero-order chi connectivity index (χ0) is 12.3. The van der Waals surface area contributed by atoms with Gasteiger partial charge in [-0.05, 0) is 50.5 Å². The zero-order valence-corrected chi connectivity index (χ0v) is 10.9. The SMILES string of the molecule is COc1cc(C)c(CC(C)(C)C#N)cc1Cl. The minimum Gasteiger partial charge on any atom is -0.495 e. The maximum Gasteiger partial charge on any atom is 0.137 e. The lowest BCUT2D eigenvalue weighted by atomic mass is 9.86. The fourth-order valence-electron chi connectivity index (χ4n) is 1.56. The van der Waals surface area contributed by atoms with Gasteiger partial charge in [-0.25, -0.2) is 0 Å². The second-order valence-electron chi connectivity index (χ2n) is 4.59. The Kier molecular flexibility index (Phi) is 3.83. The van der Waals surface area contributed by atoms with Crippen molar-refractivity contribution in [2.24, 2.45) is 5.41 Å². The third-order valence-corrected chi connectivity index (χ3v) is 2.84. The smallest absolute Gasteiger partial charge is 0.137 e. The quantitative estimate of drug-likeness (QED) is 0.802. The van der Waals surface area contributed by atoms with Crippen molar-refractivity contribution in [1.29, 1.82) is 5.26 Å². The number of hydrogen-bond acceptors (Lipinski definition) is 2. The Hall–Kier alpha value is -1.20. The van der Waals surface area contributed by atoms with Crippen molar-refractivity contribution in [3.8, 4) is 11.8 Å². The molecule has 0 fully saturated rings. The predicted octanol–water partition coefficient (Wildman–Crippen LogP) is 3.75. The fourth-order valence-corrected chi connectivity index (χ4v) is 1.82. The van der Waals surface area contributed by atoms with E-state index in [1.54, 1.807) is 7.11 Å². The summed E-state index contributed by atoms with van der Waals surface area (Å²) in [5.74, 6) is 0.678. The van der Waals surface area contributed by atoms with Crippen LogP contribution in [0.15, 0.2) is 12.1 Å². The zero-order valence-electron chi connectivity index (χ0n) is 10.1. The van der Waals surface area contributed by atoms with Crippen LogP contribution in [-0.4, -0.2) is 7.11 Å². The van der Waals surface area contributed by atoms with Crippen LogP contribution in [0.5, 0.6) is 5.75 Å². The minimum atomic E-state index is -0.372. The van der Waals surface area contributed by atoms with E-state index in [2.05, 4.69) is 6.07 Å². The molecule has 0 unspecified atom stereocenters. The molecule has 0 saturated heterocycles. The third-order valence-electron chi connectivity index (χ3n) is 2.55. The van der Waals surface area contributed by atoms with Gasteiger partial charge in [-0.15, -0.1) is 0 Å². The molecule has 0 bridgehead atoms. The molecule has 0 aliphatic carbocycles. The molecule has 16 heavy (non-hydrogen) atoms. The van der Waals surface area contributed by atoms with Crippen molar-refractivity contribution in [1.82, 2.24) is 0 Å². The number of methoxy groups -OCH3 is 1. The Balaban J connectivity index is 3.08. The van der Waals surface area contributed by atoms with Gasteiger partial charge in [-0.2, -0.15) is 5.26 Å². The number of ether oxygens (including phenoxy) is 1. The average Bonchev–Trinajstić information content (AvgIpc) is 2.22. The van der Waals surface area contributed by atoms with E-state index in [1.165, 1.54) is 0 Å². The second kappa shape index (κ2) is 4.76. The first-order valence-electron chi connectivity index (χ1n) is 5.14. The van der Waals surface area contributed by atoms with E-state index in [4.69, 9.17) is 21.6 Å². The van der Waals surface area contributed by atoms with Gasteiger partial charge in [0.2, 0.25) is 0 Å². The van der Waals surface area contributed by atoms with Gasteiger partial charge in [-0.1, -0.05) is 11.6 Å². The van der Waals surface area contributed by atoms with Gasteiger partial charge < -0.3 is 4.74 Å². The van der Waals surface area contributed by atoms with E-state index in [-0.39, 0.29) is 5.41 Å². The van der Waals surface area contributed by atoms with Crippen LogP contribution in [0.4, 0.5) is 0 Å². The third kappa shape index (κ3) is 2.90. The van der Waals surface area contributed by atoms with E-state index in [0.29, 0.717) is 17.2 Å². The summed E-state index contributed by atoms with van der Waals surface area (Å²) in [7, 11) is 1.60. The molecular formula is C13H16ClNO. The van der Waals surface area contributed by atoms with Crippen molar-refractivity contribution in [3.63, 3.8) is 0 Å². The maximum absolute atomic E-state index is 9.01. The van der Waals surface area contributed by atoms with Crippen molar-refractivity contribution in [2.45, 2.75) is 27.2 Å². The molecule has 0 saturated carbocycles. The minimum absolute atomic E-state index is 0.372. The lowest BCUT2D eigenvalue weighted by Gasteiger charge is -2.17. The highest BCUT2D eigenvalue weighted by Gasteiger charge is 2.19. The maximum atomic E-state index is 9.01. The van der Waals surface area contributed by atoms with Gasteiger partial charge >= 0.3 is 0 Å². The topological polar surface area (TPSA) is 33.0 Å². The Morgan fingerprint density at radius 1 is 1.44 bits per heavy atom. The Bertz CT molecular complexity index is 432. The number of hydrogen-bond donors (Lipinski definition) is 0. The van der Waals surface area contributed by atoms with Gasteiger partial charge in [-0.3, -0.25) is 0 Å². The number of benzene rings is 1. The summed E-state index contributed by atoms with van der Waals surface area (Å²) >= 11 is 6.07. The lowest BCUT2D eigenvalue weighted by molar-refractivity contribution is 0.414. The molecule has 1 aromatic rings. The van der Waals surface area contributed by atoms with Crippen molar-refractivity contribution < 1.29 is 4.74 Å². The standard InChI is InChI=1S/C13H16ClNO/c1-9-5-12(16-4)11(14)6-10(9)7-13(2,3)8-15/h5-6H,7H2,1-4H3. The molecule has 0 radical (unpaired) electrons. The molecule has 0 aliphatic heterocycles. The first-order chi connectivity index (χ1) is 7.39. The fraction of sp³-hybridized carbons (Fsp3) is 0.462. The van der Waals surface area contributed by atoms with Crippen LogP contribution < -0.4 is 4.74 Å². The van der Waals surface area contributed by atoms with Gasteiger partial charge in [0.25, 0.3) is 0 Å². The normalized spacial score (nSPS) is 11.0. The largest absolute Gasteiger partial charge is 0.495 e. The molecule has 0 aliphatic rings. The van der Waals surface area contributed by atoms with Gasteiger partial charge in [0.1, 0.15) is 5.75 Å². The summed E-state index contributed by atoms with van der Waals surface area (Å²) < 4.78 is 5.14. The Morgan fingerprint density at radius 3 is 2.56 bits per heavy atom. The number of halogens is 1. The van der Waals surface area contributed by atoms with E-state index < -0.39 is 0 Å². The highest BCUT2D eigenvalue weighted by Crippen LogP contribution is 2.31. The molecule has 3 heteroatoms. The molecule has 0 atom stereocenters. The molecule has 1 rings (SSSR count). The Morgan fingerprint density at radius 2 is 2.06 bits per heavy atom. The summed E-state index contributed by atoms with van der Waals surface area (Å²) in [5.41, 5.74) is 1.82. The van der Waals surface area contributed by atoms with Gasteiger partial charge in [0, 0.05) is 0 Å². The number of nitrogens with zero attached hydrogens (tertiary/aromatic N) is 1. The lowest BCUT2D eigenvalue weighted by Crippen LogP contribution is -2.12. The molecule has 86 valence electrons. The number of nitriles is 1. The van der Waals surface area contributed by atoms with E-state index in [1.807, 2.05) is 32.9 Å². The van der Waals surface area contributed by atoms with Gasteiger partial charge in [0.05, 0.1) is 23.6 Å². The summed E-state index contributed by atoms with van der Waals surface area (Å²) in [6.07, 6.45) is 0.693. The molecule has 0 aromatic heterocycles. The summed E-state index contributed by atoms with van der Waals surface area (Å²) in [4.78, 5) is 0. The van der Waals surface area contributed by atoms with Gasteiger partial charge in [0.15, 0.2) is 0 Å². The van der Waals surface area contributed by atoms with E-state index in [0.717, 1.165) is 11.1 Å². The van der Waals surface area contributed by atoms with Crippen LogP contribution in [0.25, 0.3) is 0 Å². The molecule has 0 heterocycles.